The molecule has 6 nitrogen and oxygen atoms in total. The van der Waals surface area contributed by atoms with E-state index in [1.54, 1.807) is 19.0 Å². The van der Waals surface area contributed by atoms with Crippen LogP contribution < -0.4 is 5.32 Å². The fraction of sp³-hybridized carbons (Fsp3) is 0.385. The zero-order valence-corrected chi connectivity index (χ0v) is 19.5. The maximum Gasteiger partial charge on any atom is 0.253 e. The molecular formula is C26H35N5O. The first-order chi connectivity index (χ1) is 15.6. The molecular weight excluding hydrogens is 398 g/mol. The minimum absolute atomic E-state index is 0.0344. The first-order valence-corrected chi connectivity index (χ1v) is 11.3. The van der Waals surface area contributed by atoms with Gasteiger partial charge in [-0.15, -0.1) is 0 Å². The predicted octanol–water partition coefficient (Wildman–Crippen LogP) is 2.84. The number of benzene rings is 2. The van der Waals surface area contributed by atoms with E-state index in [1.165, 1.54) is 5.56 Å². The lowest BCUT2D eigenvalue weighted by molar-refractivity contribution is 0.0827. The molecule has 0 atom stereocenters. The summed E-state index contributed by atoms with van der Waals surface area (Å²) >= 11 is 0. The maximum absolute atomic E-state index is 12.2. The number of hydrogen-bond donors (Lipinski definition) is 1. The number of aliphatic imine (C=N–C) groups is 1. The second kappa shape index (κ2) is 12.1. The van der Waals surface area contributed by atoms with Crippen LogP contribution in [0.25, 0.3) is 6.08 Å². The van der Waals surface area contributed by atoms with Gasteiger partial charge in [-0.05, 0) is 29.7 Å². The molecule has 1 N–H and O–H groups in total. The van der Waals surface area contributed by atoms with E-state index in [0.29, 0.717) is 0 Å². The van der Waals surface area contributed by atoms with Crippen LogP contribution in [0.4, 0.5) is 0 Å². The molecule has 1 heterocycles. The van der Waals surface area contributed by atoms with Crippen molar-refractivity contribution in [1.82, 2.24) is 20.0 Å². The van der Waals surface area contributed by atoms with Gasteiger partial charge in [-0.3, -0.25) is 14.7 Å². The van der Waals surface area contributed by atoms with Gasteiger partial charge in [-0.1, -0.05) is 54.6 Å². The van der Waals surface area contributed by atoms with Crippen molar-refractivity contribution in [3.05, 3.63) is 77.4 Å². The summed E-state index contributed by atoms with van der Waals surface area (Å²) in [5, 5.41) is 3.49. The van der Waals surface area contributed by atoms with Crippen LogP contribution in [0.1, 0.15) is 21.5 Å². The molecule has 32 heavy (non-hydrogen) atoms. The largest absolute Gasteiger partial charge is 0.356 e. The third-order valence-electron chi connectivity index (χ3n) is 5.63. The number of nitrogens with zero attached hydrogens (tertiary/aromatic N) is 4. The van der Waals surface area contributed by atoms with Gasteiger partial charge in [0.2, 0.25) is 0 Å². The molecule has 0 bridgehead atoms. The lowest BCUT2D eigenvalue weighted by atomic mass is 10.1. The molecule has 1 amide bonds. The Kier molecular flexibility index (Phi) is 8.87. The summed E-state index contributed by atoms with van der Waals surface area (Å²) < 4.78 is 0. The van der Waals surface area contributed by atoms with E-state index in [2.05, 4.69) is 62.6 Å². The van der Waals surface area contributed by atoms with Crippen molar-refractivity contribution >= 4 is 17.9 Å². The van der Waals surface area contributed by atoms with E-state index in [4.69, 9.17) is 0 Å². The minimum Gasteiger partial charge on any atom is -0.356 e. The highest BCUT2D eigenvalue weighted by Gasteiger charge is 2.18. The van der Waals surface area contributed by atoms with Crippen molar-refractivity contribution in [3.63, 3.8) is 0 Å². The summed E-state index contributed by atoms with van der Waals surface area (Å²) in [6.07, 6.45) is 5.28. The number of guanidine groups is 1. The van der Waals surface area contributed by atoms with Crippen LogP contribution in [0.3, 0.4) is 0 Å². The van der Waals surface area contributed by atoms with Crippen molar-refractivity contribution in [2.24, 2.45) is 4.99 Å². The smallest absolute Gasteiger partial charge is 0.253 e. The molecule has 0 saturated carbocycles. The normalized spacial score (nSPS) is 15.2. The topological polar surface area (TPSA) is 51.2 Å². The third-order valence-corrected chi connectivity index (χ3v) is 5.63. The quantitative estimate of drug-likeness (QED) is 0.539. The van der Waals surface area contributed by atoms with E-state index in [1.807, 2.05) is 31.3 Å². The zero-order valence-electron chi connectivity index (χ0n) is 19.5. The Morgan fingerprint density at radius 2 is 1.81 bits per heavy atom. The molecule has 1 aliphatic rings. The van der Waals surface area contributed by atoms with Crippen molar-refractivity contribution in [1.29, 1.82) is 0 Å². The first-order valence-electron chi connectivity index (χ1n) is 11.3. The van der Waals surface area contributed by atoms with Crippen LogP contribution in [-0.4, -0.2) is 87.0 Å². The summed E-state index contributed by atoms with van der Waals surface area (Å²) in [5.41, 5.74) is 3.12. The molecule has 0 aliphatic carbocycles. The van der Waals surface area contributed by atoms with Crippen LogP contribution in [0.15, 0.2) is 65.7 Å². The number of carbonyl (C=O) groups is 1. The average Bonchev–Trinajstić information content (AvgIpc) is 2.83. The Balaban J connectivity index is 1.42. The van der Waals surface area contributed by atoms with Crippen LogP contribution >= 0.6 is 0 Å². The standard InChI is InChI=1S/C26H35N5O/c1-27-26(28-15-14-23-11-7-13-24(21-23)25(32)29(2)3)31-19-17-30(18-20-31)16-8-12-22-9-5-4-6-10-22/h4-13,21H,14-20H2,1-3H3,(H,27,28)/b12-8+. The molecule has 1 fully saturated rings. The Morgan fingerprint density at radius 3 is 2.50 bits per heavy atom. The number of rotatable bonds is 7. The summed E-state index contributed by atoms with van der Waals surface area (Å²) in [5.74, 6) is 0.983. The van der Waals surface area contributed by atoms with Crippen molar-refractivity contribution in [2.45, 2.75) is 6.42 Å². The fourth-order valence-corrected chi connectivity index (χ4v) is 3.81. The first kappa shape index (κ1) is 23.5. The molecule has 6 heteroatoms. The highest BCUT2D eigenvalue weighted by Crippen LogP contribution is 2.09. The minimum atomic E-state index is 0.0344. The lowest BCUT2D eigenvalue weighted by Crippen LogP contribution is -2.52. The second-order valence-corrected chi connectivity index (χ2v) is 8.22. The Labute approximate surface area is 192 Å². The Bertz CT molecular complexity index is 915. The van der Waals surface area contributed by atoms with Gasteiger partial charge >= 0.3 is 0 Å². The Hall–Kier alpha value is -3.12. The van der Waals surface area contributed by atoms with Crippen LogP contribution in [0.5, 0.6) is 0 Å². The average molecular weight is 434 g/mol. The van der Waals surface area contributed by atoms with E-state index in [9.17, 15) is 4.79 Å². The van der Waals surface area contributed by atoms with E-state index in [-0.39, 0.29) is 5.91 Å². The molecule has 0 aromatic heterocycles. The Morgan fingerprint density at radius 1 is 1.06 bits per heavy atom. The van der Waals surface area contributed by atoms with E-state index >= 15 is 0 Å². The van der Waals surface area contributed by atoms with Gasteiger partial charge in [-0.25, -0.2) is 0 Å². The SMILES string of the molecule is CN=C(NCCc1cccc(C(=O)N(C)C)c1)N1CCN(C/C=C/c2ccccc2)CC1. The molecule has 2 aromatic carbocycles. The van der Waals surface area contributed by atoms with Crippen LogP contribution in [0.2, 0.25) is 0 Å². The number of carbonyl (C=O) groups excluding carboxylic acids is 1. The number of piperazine rings is 1. The maximum atomic E-state index is 12.2. The fourth-order valence-electron chi connectivity index (χ4n) is 3.81. The summed E-state index contributed by atoms with van der Waals surface area (Å²) in [4.78, 5) is 23.0. The monoisotopic (exact) mass is 433 g/mol. The number of amides is 1. The summed E-state index contributed by atoms with van der Waals surface area (Å²) in [6.45, 7) is 5.73. The molecule has 3 rings (SSSR count). The molecule has 0 radical (unpaired) electrons. The summed E-state index contributed by atoms with van der Waals surface area (Å²) in [7, 11) is 5.40. The van der Waals surface area contributed by atoms with Gasteiger partial charge in [0.15, 0.2) is 5.96 Å². The predicted molar refractivity (Wildman–Crippen MR) is 133 cm³/mol. The van der Waals surface area contributed by atoms with Gasteiger partial charge in [0.25, 0.3) is 5.91 Å². The highest BCUT2D eigenvalue weighted by molar-refractivity contribution is 5.94. The lowest BCUT2D eigenvalue weighted by Gasteiger charge is -2.36. The molecule has 1 aliphatic heterocycles. The number of nitrogens with one attached hydrogen (secondary N) is 1. The van der Waals surface area contributed by atoms with E-state index in [0.717, 1.165) is 62.8 Å². The van der Waals surface area contributed by atoms with E-state index < -0.39 is 0 Å². The summed E-state index contributed by atoms with van der Waals surface area (Å²) in [6, 6.07) is 18.3. The van der Waals surface area contributed by atoms with Crippen LogP contribution in [-0.2, 0) is 6.42 Å². The van der Waals surface area contributed by atoms with Gasteiger partial charge < -0.3 is 15.1 Å². The van der Waals surface area contributed by atoms with Gasteiger partial charge in [0.1, 0.15) is 0 Å². The molecule has 0 spiro atoms. The van der Waals surface area contributed by atoms with Crippen molar-refractivity contribution < 1.29 is 4.79 Å². The van der Waals surface area contributed by atoms with Gasteiger partial charge in [-0.2, -0.15) is 0 Å². The van der Waals surface area contributed by atoms with Crippen molar-refractivity contribution in [3.8, 4) is 0 Å². The molecule has 170 valence electrons. The second-order valence-electron chi connectivity index (χ2n) is 8.22. The molecule has 0 unspecified atom stereocenters. The zero-order chi connectivity index (χ0) is 22.8. The highest BCUT2D eigenvalue weighted by atomic mass is 16.2. The van der Waals surface area contributed by atoms with Crippen molar-refractivity contribution in [2.75, 3.05) is 60.4 Å². The van der Waals surface area contributed by atoms with Crippen LogP contribution in [0, 0.1) is 0 Å². The molecule has 2 aromatic rings. The molecule has 1 saturated heterocycles. The van der Waals surface area contributed by atoms with Gasteiger partial charge in [0.05, 0.1) is 0 Å². The third kappa shape index (κ3) is 6.95. The van der Waals surface area contributed by atoms with Gasteiger partial charge in [0, 0.05) is 66.0 Å². The number of hydrogen-bond acceptors (Lipinski definition) is 3.